The number of methoxy groups -OCH3 is 1. The lowest BCUT2D eigenvalue weighted by Crippen LogP contribution is -2.38. The molecule has 0 amide bonds. The lowest BCUT2D eigenvalue weighted by Gasteiger charge is -2.37. The van der Waals surface area contributed by atoms with Crippen LogP contribution in [0.2, 0.25) is 0 Å². The minimum atomic E-state index is -0.706. The van der Waals surface area contributed by atoms with Crippen LogP contribution in [-0.4, -0.2) is 21.7 Å². The average Bonchev–Trinajstić information content (AvgIpc) is 3.32. The summed E-state index contributed by atoms with van der Waals surface area (Å²) in [6.07, 6.45) is 3.35. The predicted octanol–water partition coefficient (Wildman–Crippen LogP) is 5.78. The highest BCUT2D eigenvalue weighted by Gasteiger charge is 2.37. The maximum absolute atomic E-state index is 5.43. The number of ether oxygens (including phenoxy) is 1. The Morgan fingerprint density at radius 3 is 2.00 bits per heavy atom. The van der Waals surface area contributed by atoms with Crippen LogP contribution >= 0.6 is 0 Å². The lowest BCUT2D eigenvalue weighted by atomic mass is 9.77. The molecule has 5 rings (SSSR count). The quantitative estimate of drug-likeness (QED) is 0.331. The zero-order valence-electron chi connectivity index (χ0n) is 18.3. The zero-order valence-corrected chi connectivity index (χ0v) is 18.3. The van der Waals surface area contributed by atoms with E-state index in [2.05, 4.69) is 82.6 Å². The average molecular weight is 433 g/mol. The van der Waals surface area contributed by atoms with Gasteiger partial charge in [0.1, 0.15) is 23.1 Å². The molecule has 0 aliphatic heterocycles. The van der Waals surface area contributed by atoms with Gasteiger partial charge in [-0.25, -0.2) is 9.50 Å². The van der Waals surface area contributed by atoms with Crippen molar-refractivity contribution >= 4 is 17.4 Å². The number of aromatic nitrogens is 3. The maximum Gasteiger partial charge on any atom is 0.155 e. The summed E-state index contributed by atoms with van der Waals surface area (Å²) in [6.45, 7) is 3.90. The minimum absolute atomic E-state index is 0.706. The van der Waals surface area contributed by atoms with E-state index in [1.165, 1.54) is 0 Å². The topological polar surface area (TPSA) is 51.5 Å². The van der Waals surface area contributed by atoms with Gasteiger partial charge in [0.25, 0.3) is 0 Å². The molecule has 2 heterocycles. The van der Waals surface area contributed by atoms with E-state index < -0.39 is 5.54 Å². The lowest BCUT2D eigenvalue weighted by molar-refractivity contribution is 0.414. The molecule has 0 saturated heterocycles. The van der Waals surface area contributed by atoms with E-state index in [9.17, 15) is 0 Å². The second kappa shape index (κ2) is 8.63. The van der Waals surface area contributed by atoms with Crippen LogP contribution in [0.15, 0.2) is 110 Å². The monoisotopic (exact) mass is 432 g/mol. The Morgan fingerprint density at radius 1 is 0.818 bits per heavy atom. The highest BCUT2D eigenvalue weighted by Crippen LogP contribution is 2.41. The van der Waals surface area contributed by atoms with Crippen LogP contribution < -0.4 is 10.1 Å². The molecule has 0 aliphatic carbocycles. The predicted molar refractivity (Wildman–Crippen MR) is 132 cm³/mol. The summed E-state index contributed by atoms with van der Waals surface area (Å²) >= 11 is 0. The first-order valence-corrected chi connectivity index (χ1v) is 10.7. The molecule has 0 unspecified atom stereocenters. The van der Waals surface area contributed by atoms with Crippen molar-refractivity contribution in [2.24, 2.45) is 0 Å². The number of rotatable bonds is 7. The fourth-order valence-electron chi connectivity index (χ4n) is 4.32. The zero-order chi connectivity index (χ0) is 22.7. The molecule has 1 N–H and O–H groups in total. The number of hydrogen-bond acceptors (Lipinski definition) is 4. The van der Waals surface area contributed by atoms with E-state index in [0.29, 0.717) is 0 Å². The summed E-state index contributed by atoms with van der Waals surface area (Å²) in [4.78, 5) is 4.65. The standard InChI is InChI=1S/C28H24N4O/c1-3-24-16-19-26-27(29-20-30-32(24)26)31-28(21-10-6-4-7-11-21,22-12-8-5-9-13-22)23-14-17-25(33-2)18-15-23/h3-20H,1H2,2H3,(H,29,30,31). The van der Waals surface area contributed by atoms with Crippen LogP contribution in [0.1, 0.15) is 22.4 Å². The van der Waals surface area contributed by atoms with Crippen LogP contribution in [0.5, 0.6) is 5.75 Å². The van der Waals surface area contributed by atoms with Crippen molar-refractivity contribution in [2.75, 3.05) is 12.4 Å². The molecule has 0 saturated carbocycles. The third kappa shape index (κ3) is 3.53. The Balaban J connectivity index is 1.80. The van der Waals surface area contributed by atoms with Gasteiger partial charge in [-0.05, 0) is 47.0 Å². The molecule has 0 bridgehead atoms. The number of fused-ring (bicyclic) bond motifs is 1. The van der Waals surface area contributed by atoms with Crippen molar-refractivity contribution in [1.29, 1.82) is 0 Å². The smallest absolute Gasteiger partial charge is 0.155 e. The Hall–Kier alpha value is -4.38. The van der Waals surface area contributed by atoms with E-state index >= 15 is 0 Å². The van der Waals surface area contributed by atoms with Gasteiger partial charge in [-0.2, -0.15) is 5.10 Å². The third-order valence-corrected chi connectivity index (χ3v) is 5.93. The maximum atomic E-state index is 5.43. The van der Waals surface area contributed by atoms with Gasteiger partial charge in [-0.3, -0.25) is 0 Å². The summed E-state index contributed by atoms with van der Waals surface area (Å²) in [5, 5.41) is 8.23. The van der Waals surface area contributed by atoms with Gasteiger partial charge < -0.3 is 10.1 Å². The van der Waals surface area contributed by atoms with E-state index in [4.69, 9.17) is 4.74 Å². The van der Waals surface area contributed by atoms with Crippen LogP contribution in [0.3, 0.4) is 0 Å². The molecule has 0 atom stereocenters. The molecule has 0 fully saturated rings. The number of hydrogen-bond donors (Lipinski definition) is 1. The van der Waals surface area contributed by atoms with Gasteiger partial charge in [0.2, 0.25) is 0 Å². The number of nitrogens with zero attached hydrogens (tertiary/aromatic N) is 3. The molecule has 5 aromatic rings. The fraction of sp³-hybridized carbons (Fsp3) is 0.0714. The van der Waals surface area contributed by atoms with Gasteiger partial charge in [-0.15, -0.1) is 0 Å². The van der Waals surface area contributed by atoms with E-state index in [1.54, 1.807) is 19.5 Å². The Morgan fingerprint density at radius 2 is 1.42 bits per heavy atom. The first-order chi connectivity index (χ1) is 16.3. The van der Waals surface area contributed by atoms with Gasteiger partial charge >= 0.3 is 0 Å². The van der Waals surface area contributed by atoms with Crippen molar-refractivity contribution in [1.82, 2.24) is 14.6 Å². The van der Waals surface area contributed by atoms with Crippen molar-refractivity contribution < 1.29 is 4.74 Å². The molecule has 5 nitrogen and oxygen atoms in total. The molecule has 5 heteroatoms. The summed E-state index contributed by atoms with van der Waals surface area (Å²) < 4.78 is 7.27. The highest BCUT2D eigenvalue weighted by molar-refractivity contribution is 5.73. The van der Waals surface area contributed by atoms with Crippen molar-refractivity contribution in [3.8, 4) is 5.75 Å². The molecule has 2 aromatic heterocycles. The van der Waals surface area contributed by atoms with Crippen molar-refractivity contribution in [3.05, 3.63) is 132 Å². The summed E-state index contributed by atoms with van der Waals surface area (Å²) in [5.74, 6) is 1.53. The van der Waals surface area contributed by atoms with Crippen molar-refractivity contribution in [2.45, 2.75) is 5.54 Å². The second-order valence-corrected chi connectivity index (χ2v) is 7.70. The molecular weight excluding hydrogens is 408 g/mol. The van der Waals surface area contributed by atoms with Gasteiger partial charge in [0, 0.05) is 0 Å². The van der Waals surface area contributed by atoms with Gasteiger partial charge in [0.15, 0.2) is 5.82 Å². The molecular formula is C28H24N4O. The van der Waals surface area contributed by atoms with Gasteiger partial charge in [0.05, 0.1) is 12.8 Å². The number of benzene rings is 3. The normalized spacial score (nSPS) is 11.3. The molecule has 162 valence electrons. The Labute approximate surface area is 193 Å². The highest BCUT2D eigenvalue weighted by atomic mass is 16.5. The van der Waals surface area contributed by atoms with Crippen molar-refractivity contribution in [3.63, 3.8) is 0 Å². The first kappa shape index (κ1) is 20.5. The largest absolute Gasteiger partial charge is 0.497 e. The molecule has 0 aliphatic rings. The molecule has 3 aromatic carbocycles. The van der Waals surface area contributed by atoms with Crippen LogP contribution in [0.25, 0.3) is 11.6 Å². The minimum Gasteiger partial charge on any atom is -0.497 e. The third-order valence-electron chi connectivity index (χ3n) is 5.93. The first-order valence-electron chi connectivity index (χ1n) is 10.7. The summed E-state index contributed by atoms with van der Waals surface area (Å²) in [6, 6.07) is 33.0. The van der Waals surface area contributed by atoms with E-state index in [1.807, 2.05) is 40.9 Å². The SMILES string of the molecule is C=Cc1ccc2c(NC(c3ccccc3)(c3ccccc3)c3ccc(OC)cc3)ncnn12. The molecule has 0 spiro atoms. The van der Waals surface area contributed by atoms with Gasteiger partial charge in [-0.1, -0.05) is 79.4 Å². The number of anilines is 1. The van der Waals surface area contributed by atoms with Crippen LogP contribution in [0.4, 0.5) is 5.82 Å². The fourth-order valence-corrected chi connectivity index (χ4v) is 4.32. The second-order valence-electron chi connectivity index (χ2n) is 7.70. The number of nitrogens with one attached hydrogen (secondary N) is 1. The Kier molecular flexibility index (Phi) is 5.37. The van der Waals surface area contributed by atoms with E-state index in [-0.39, 0.29) is 0 Å². The van der Waals surface area contributed by atoms with E-state index in [0.717, 1.165) is 39.5 Å². The summed E-state index contributed by atoms with van der Waals surface area (Å²) in [5.41, 5.74) is 4.32. The summed E-state index contributed by atoms with van der Waals surface area (Å²) in [7, 11) is 1.68. The van der Waals surface area contributed by atoms with Crippen LogP contribution in [0, 0.1) is 0 Å². The molecule has 33 heavy (non-hydrogen) atoms. The van der Waals surface area contributed by atoms with Crippen LogP contribution in [-0.2, 0) is 5.54 Å². The Bertz CT molecular complexity index is 1340. The molecule has 0 radical (unpaired) electrons.